The number of carbonyl (C=O) groups excluding carboxylic acids is 2. The molecule has 0 heterocycles. The second kappa shape index (κ2) is 8.99. The molecule has 5 heteroatoms. The Balaban J connectivity index is 1.90. The molecule has 2 aromatic rings. The van der Waals surface area contributed by atoms with E-state index < -0.39 is 0 Å². The number of carbonyl (C=O) groups is 2. The van der Waals surface area contributed by atoms with Gasteiger partial charge in [0.1, 0.15) is 0 Å². The van der Waals surface area contributed by atoms with Gasteiger partial charge in [-0.25, -0.2) is 0 Å². The molecule has 0 aromatic heterocycles. The lowest BCUT2D eigenvalue weighted by Gasteiger charge is -2.14. The highest BCUT2D eigenvalue weighted by Crippen LogP contribution is 2.14. The first-order valence-electron chi connectivity index (χ1n) is 8.45. The fourth-order valence-electron chi connectivity index (χ4n) is 2.31. The molecule has 0 fully saturated rings. The number of rotatable bonds is 7. The Morgan fingerprint density at radius 1 is 0.920 bits per heavy atom. The van der Waals surface area contributed by atoms with Crippen LogP contribution in [0.1, 0.15) is 42.7 Å². The van der Waals surface area contributed by atoms with Crippen molar-refractivity contribution in [1.29, 1.82) is 0 Å². The minimum absolute atomic E-state index is 0.0739. The fraction of sp³-hybridized carbons (Fsp3) is 0.300. The number of hydrogen-bond acceptors (Lipinski definition) is 3. The number of amides is 2. The van der Waals surface area contributed by atoms with Crippen molar-refractivity contribution in [3.63, 3.8) is 0 Å². The lowest BCUT2D eigenvalue weighted by Crippen LogP contribution is -2.32. The van der Waals surface area contributed by atoms with Crippen LogP contribution in [0.5, 0.6) is 0 Å². The predicted octanol–water partition coefficient (Wildman–Crippen LogP) is 3.11. The van der Waals surface area contributed by atoms with Crippen molar-refractivity contribution in [2.45, 2.75) is 32.9 Å². The summed E-state index contributed by atoms with van der Waals surface area (Å²) < 4.78 is 0. The van der Waals surface area contributed by atoms with Crippen LogP contribution in [0.2, 0.25) is 0 Å². The molecule has 0 aliphatic carbocycles. The Hall–Kier alpha value is -2.66. The SMILES string of the molecule is CC(C)NCC(=O)Nc1ccc(C(=O)NC(C)c2ccccc2)cc1. The molecular formula is C20H25N3O2. The maximum absolute atomic E-state index is 12.3. The zero-order valence-corrected chi connectivity index (χ0v) is 14.9. The molecule has 0 bridgehead atoms. The van der Waals surface area contributed by atoms with E-state index in [1.54, 1.807) is 24.3 Å². The molecule has 25 heavy (non-hydrogen) atoms. The van der Waals surface area contributed by atoms with Crippen LogP contribution in [0.25, 0.3) is 0 Å². The third kappa shape index (κ3) is 6.04. The van der Waals surface area contributed by atoms with Crippen LogP contribution in [-0.2, 0) is 4.79 Å². The van der Waals surface area contributed by atoms with E-state index in [4.69, 9.17) is 0 Å². The summed E-state index contributed by atoms with van der Waals surface area (Å²) in [6, 6.07) is 16.9. The first kappa shape index (κ1) is 18.7. The maximum Gasteiger partial charge on any atom is 0.251 e. The molecule has 0 saturated carbocycles. The van der Waals surface area contributed by atoms with E-state index in [1.165, 1.54) is 0 Å². The summed E-state index contributed by atoms with van der Waals surface area (Å²) in [5, 5.41) is 8.82. The van der Waals surface area contributed by atoms with Gasteiger partial charge in [-0.1, -0.05) is 44.2 Å². The van der Waals surface area contributed by atoms with Gasteiger partial charge in [0.2, 0.25) is 5.91 Å². The van der Waals surface area contributed by atoms with Gasteiger partial charge in [0.15, 0.2) is 0 Å². The molecule has 0 aliphatic rings. The Bertz CT molecular complexity index is 697. The van der Waals surface area contributed by atoms with Gasteiger partial charge in [-0.2, -0.15) is 0 Å². The first-order chi connectivity index (χ1) is 12.0. The zero-order chi connectivity index (χ0) is 18.2. The van der Waals surface area contributed by atoms with Crippen molar-refractivity contribution in [2.75, 3.05) is 11.9 Å². The number of nitrogens with one attached hydrogen (secondary N) is 3. The molecule has 132 valence electrons. The highest BCUT2D eigenvalue weighted by atomic mass is 16.2. The highest BCUT2D eigenvalue weighted by molar-refractivity contribution is 5.96. The zero-order valence-electron chi connectivity index (χ0n) is 14.9. The molecule has 0 saturated heterocycles. The monoisotopic (exact) mass is 339 g/mol. The van der Waals surface area contributed by atoms with Crippen molar-refractivity contribution >= 4 is 17.5 Å². The van der Waals surface area contributed by atoms with Crippen LogP contribution >= 0.6 is 0 Å². The largest absolute Gasteiger partial charge is 0.346 e. The van der Waals surface area contributed by atoms with Crippen LogP contribution in [-0.4, -0.2) is 24.4 Å². The molecule has 1 atom stereocenters. The normalized spacial score (nSPS) is 11.8. The topological polar surface area (TPSA) is 70.2 Å². The van der Waals surface area contributed by atoms with Crippen molar-refractivity contribution in [3.8, 4) is 0 Å². The number of anilines is 1. The van der Waals surface area contributed by atoms with Crippen molar-refractivity contribution < 1.29 is 9.59 Å². The highest BCUT2D eigenvalue weighted by Gasteiger charge is 2.11. The van der Waals surface area contributed by atoms with E-state index >= 15 is 0 Å². The van der Waals surface area contributed by atoms with Gasteiger partial charge >= 0.3 is 0 Å². The average Bonchev–Trinajstić information content (AvgIpc) is 2.61. The molecule has 2 aromatic carbocycles. The summed E-state index contributed by atoms with van der Waals surface area (Å²) in [6.45, 7) is 6.17. The van der Waals surface area contributed by atoms with E-state index in [1.807, 2.05) is 51.1 Å². The molecule has 2 amide bonds. The molecular weight excluding hydrogens is 314 g/mol. The van der Waals surface area contributed by atoms with Crippen LogP contribution < -0.4 is 16.0 Å². The molecule has 1 unspecified atom stereocenters. The average molecular weight is 339 g/mol. The summed E-state index contributed by atoms with van der Waals surface area (Å²) in [6.07, 6.45) is 0. The van der Waals surface area contributed by atoms with Gasteiger partial charge in [-0.3, -0.25) is 9.59 Å². The second-order valence-corrected chi connectivity index (χ2v) is 6.27. The van der Waals surface area contributed by atoms with E-state index in [9.17, 15) is 9.59 Å². The van der Waals surface area contributed by atoms with Gasteiger partial charge in [0, 0.05) is 17.3 Å². The molecule has 2 rings (SSSR count). The summed E-state index contributed by atoms with van der Waals surface area (Å²) in [7, 11) is 0. The number of hydrogen-bond donors (Lipinski definition) is 3. The van der Waals surface area contributed by atoms with Crippen molar-refractivity contribution in [2.24, 2.45) is 0 Å². The Morgan fingerprint density at radius 2 is 1.56 bits per heavy atom. The van der Waals surface area contributed by atoms with E-state index in [2.05, 4.69) is 16.0 Å². The molecule has 3 N–H and O–H groups in total. The maximum atomic E-state index is 12.3. The lowest BCUT2D eigenvalue weighted by molar-refractivity contribution is -0.115. The molecule has 0 radical (unpaired) electrons. The summed E-state index contributed by atoms with van der Waals surface area (Å²) >= 11 is 0. The van der Waals surface area contributed by atoms with E-state index in [-0.39, 0.29) is 30.4 Å². The minimum Gasteiger partial charge on any atom is -0.346 e. The van der Waals surface area contributed by atoms with Crippen LogP contribution in [0, 0.1) is 0 Å². The Morgan fingerprint density at radius 3 is 2.16 bits per heavy atom. The van der Waals surface area contributed by atoms with Crippen LogP contribution in [0.3, 0.4) is 0 Å². The standard InChI is InChI=1S/C20H25N3O2/c1-14(2)21-13-19(24)23-18-11-9-17(10-12-18)20(25)22-15(3)16-7-5-4-6-8-16/h4-12,14-15,21H,13H2,1-3H3,(H,22,25)(H,23,24). The van der Waals surface area contributed by atoms with E-state index in [0.29, 0.717) is 11.3 Å². The minimum atomic E-state index is -0.143. The fourth-order valence-corrected chi connectivity index (χ4v) is 2.31. The molecule has 5 nitrogen and oxygen atoms in total. The molecule has 0 aliphatic heterocycles. The Labute approximate surface area is 148 Å². The summed E-state index contributed by atoms with van der Waals surface area (Å²) in [4.78, 5) is 24.1. The van der Waals surface area contributed by atoms with Gasteiger partial charge in [-0.05, 0) is 36.8 Å². The third-order valence-electron chi connectivity index (χ3n) is 3.75. The van der Waals surface area contributed by atoms with Crippen molar-refractivity contribution in [3.05, 3.63) is 65.7 Å². The summed E-state index contributed by atoms with van der Waals surface area (Å²) in [5.41, 5.74) is 2.28. The summed E-state index contributed by atoms with van der Waals surface area (Å²) in [5.74, 6) is -0.251. The lowest BCUT2D eigenvalue weighted by atomic mass is 10.1. The van der Waals surface area contributed by atoms with Gasteiger partial charge in [-0.15, -0.1) is 0 Å². The van der Waals surface area contributed by atoms with Crippen molar-refractivity contribution in [1.82, 2.24) is 10.6 Å². The molecule has 0 spiro atoms. The van der Waals surface area contributed by atoms with Crippen LogP contribution in [0.4, 0.5) is 5.69 Å². The predicted molar refractivity (Wildman–Crippen MR) is 101 cm³/mol. The van der Waals surface area contributed by atoms with Gasteiger partial charge < -0.3 is 16.0 Å². The Kier molecular flexibility index (Phi) is 6.71. The first-order valence-corrected chi connectivity index (χ1v) is 8.45. The van der Waals surface area contributed by atoms with E-state index in [0.717, 1.165) is 5.56 Å². The van der Waals surface area contributed by atoms with Crippen LogP contribution in [0.15, 0.2) is 54.6 Å². The number of benzene rings is 2. The van der Waals surface area contributed by atoms with Gasteiger partial charge in [0.05, 0.1) is 12.6 Å². The smallest absolute Gasteiger partial charge is 0.251 e. The quantitative estimate of drug-likeness (QED) is 0.726. The third-order valence-corrected chi connectivity index (χ3v) is 3.75. The second-order valence-electron chi connectivity index (χ2n) is 6.27. The van der Waals surface area contributed by atoms with Gasteiger partial charge in [0.25, 0.3) is 5.91 Å².